The molecule has 0 aliphatic rings. The number of rotatable bonds is 6. The Kier molecular flexibility index (Phi) is 5.29. The van der Waals surface area contributed by atoms with Crippen molar-refractivity contribution in [3.05, 3.63) is 23.8 Å². The molecule has 0 radical (unpaired) electrons. The Morgan fingerprint density at radius 2 is 1.94 bits per heavy atom. The van der Waals surface area contributed by atoms with E-state index in [4.69, 9.17) is 15.2 Å². The van der Waals surface area contributed by atoms with E-state index in [1.54, 1.807) is 7.11 Å². The predicted molar refractivity (Wildman–Crippen MR) is 70.7 cm³/mol. The molecule has 1 rings (SSSR count). The lowest BCUT2D eigenvalue weighted by molar-refractivity contribution is 0.248. The minimum absolute atomic E-state index is 0.0468. The van der Waals surface area contributed by atoms with Gasteiger partial charge in [-0.25, -0.2) is 0 Å². The van der Waals surface area contributed by atoms with Gasteiger partial charge in [-0.3, -0.25) is 0 Å². The van der Waals surface area contributed by atoms with E-state index in [0.29, 0.717) is 12.5 Å². The molecule has 3 nitrogen and oxygen atoms in total. The Labute approximate surface area is 104 Å². The van der Waals surface area contributed by atoms with Gasteiger partial charge < -0.3 is 15.2 Å². The Balaban J connectivity index is 2.70. The number of hydrogen-bond donors (Lipinski definition) is 1. The summed E-state index contributed by atoms with van der Waals surface area (Å²) in [5.41, 5.74) is 7.18. The van der Waals surface area contributed by atoms with Crippen LogP contribution in [-0.2, 0) is 6.42 Å². The van der Waals surface area contributed by atoms with Crippen LogP contribution in [0, 0.1) is 5.92 Å². The summed E-state index contributed by atoms with van der Waals surface area (Å²) in [6.45, 7) is 6.81. The molecule has 0 amide bonds. The van der Waals surface area contributed by atoms with Crippen LogP contribution in [-0.4, -0.2) is 19.8 Å². The summed E-state index contributed by atoms with van der Waals surface area (Å²) in [5, 5.41) is 0. The van der Waals surface area contributed by atoms with Crippen LogP contribution in [0.3, 0.4) is 0 Å². The number of ether oxygens (including phenoxy) is 2. The highest BCUT2D eigenvalue weighted by atomic mass is 16.5. The number of aryl methyl sites for hydroxylation is 1. The zero-order valence-corrected chi connectivity index (χ0v) is 11.2. The van der Waals surface area contributed by atoms with Gasteiger partial charge in [0, 0.05) is 6.04 Å². The zero-order chi connectivity index (χ0) is 12.8. The van der Waals surface area contributed by atoms with E-state index in [1.165, 1.54) is 5.56 Å². The second-order valence-corrected chi connectivity index (χ2v) is 4.56. The lowest BCUT2D eigenvalue weighted by atomic mass is 10.1. The van der Waals surface area contributed by atoms with E-state index in [2.05, 4.69) is 26.8 Å². The monoisotopic (exact) mass is 237 g/mol. The van der Waals surface area contributed by atoms with Crippen LogP contribution >= 0.6 is 0 Å². The molecule has 0 saturated heterocycles. The van der Waals surface area contributed by atoms with Crippen molar-refractivity contribution < 1.29 is 9.47 Å². The molecule has 0 aromatic heterocycles. The fraction of sp³-hybridized carbons (Fsp3) is 0.571. The minimum atomic E-state index is 0.0468. The van der Waals surface area contributed by atoms with E-state index in [9.17, 15) is 0 Å². The molecule has 1 unspecified atom stereocenters. The van der Waals surface area contributed by atoms with Crippen molar-refractivity contribution in [1.82, 2.24) is 0 Å². The van der Waals surface area contributed by atoms with Gasteiger partial charge in [0.05, 0.1) is 7.11 Å². The Morgan fingerprint density at radius 3 is 2.47 bits per heavy atom. The second-order valence-electron chi connectivity index (χ2n) is 4.56. The van der Waals surface area contributed by atoms with Crippen LogP contribution in [0.4, 0.5) is 0 Å². The molecule has 96 valence electrons. The van der Waals surface area contributed by atoms with Gasteiger partial charge in [-0.05, 0) is 30.0 Å². The van der Waals surface area contributed by atoms with Gasteiger partial charge in [0.2, 0.25) is 0 Å². The Bertz CT molecular complexity index is 350. The summed E-state index contributed by atoms with van der Waals surface area (Å²) in [4.78, 5) is 0. The zero-order valence-electron chi connectivity index (χ0n) is 11.2. The molecule has 0 aliphatic heterocycles. The van der Waals surface area contributed by atoms with Crippen LogP contribution in [0.5, 0.6) is 11.5 Å². The average molecular weight is 237 g/mol. The van der Waals surface area contributed by atoms with Crippen LogP contribution in [0.25, 0.3) is 0 Å². The lowest BCUT2D eigenvalue weighted by Gasteiger charge is -2.18. The molecule has 17 heavy (non-hydrogen) atoms. The molecular weight excluding hydrogens is 214 g/mol. The summed E-state index contributed by atoms with van der Waals surface area (Å²) in [6, 6.07) is 6.06. The third-order valence-electron chi connectivity index (χ3n) is 2.92. The molecule has 2 N–H and O–H groups in total. The topological polar surface area (TPSA) is 44.5 Å². The second kappa shape index (κ2) is 6.50. The van der Waals surface area contributed by atoms with Crippen LogP contribution < -0.4 is 15.2 Å². The molecule has 3 heteroatoms. The fourth-order valence-corrected chi connectivity index (χ4v) is 1.43. The third kappa shape index (κ3) is 3.93. The van der Waals surface area contributed by atoms with Crippen molar-refractivity contribution in [2.75, 3.05) is 13.7 Å². The smallest absolute Gasteiger partial charge is 0.161 e. The highest BCUT2D eigenvalue weighted by Gasteiger charge is 2.10. The molecule has 0 heterocycles. The highest BCUT2D eigenvalue weighted by molar-refractivity contribution is 5.42. The van der Waals surface area contributed by atoms with Crippen molar-refractivity contribution in [3.8, 4) is 11.5 Å². The Hall–Kier alpha value is -1.22. The first-order chi connectivity index (χ1) is 8.08. The van der Waals surface area contributed by atoms with E-state index in [0.717, 1.165) is 17.9 Å². The van der Waals surface area contributed by atoms with Crippen molar-refractivity contribution in [3.63, 3.8) is 0 Å². The maximum atomic E-state index is 5.95. The van der Waals surface area contributed by atoms with Crippen molar-refractivity contribution in [2.45, 2.75) is 33.2 Å². The van der Waals surface area contributed by atoms with Gasteiger partial charge in [-0.2, -0.15) is 0 Å². The summed E-state index contributed by atoms with van der Waals surface area (Å²) in [6.07, 6.45) is 0.988. The fourth-order valence-electron chi connectivity index (χ4n) is 1.43. The molecule has 1 atom stereocenters. The Morgan fingerprint density at radius 1 is 1.24 bits per heavy atom. The molecule has 0 bridgehead atoms. The highest BCUT2D eigenvalue weighted by Crippen LogP contribution is 2.28. The molecule has 0 saturated carbocycles. The molecular formula is C14H23NO2. The summed E-state index contributed by atoms with van der Waals surface area (Å²) in [5.74, 6) is 1.96. The molecule has 0 spiro atoms. The van der Waals surface area contributed by atoms with Crippen molar-refractivity contribution in [2.24, 2.45) is 11.7 Å². The maximum Gasteiger partial charge on any atom is 0.161 e. The number of methoxy groups -OCH3 is 1. The molecule has 1 aromatic carbocycles. The summed E-state index contributed by atoms with van der Waals surface area (Å²) in [7, 11) is 1.66. The van der Waals surface area contributed by atoms with Gasteiger partial charge >= 0.3 is 0 Å². The largest absolute Gasteiger partial charge is 0.493 e. The number of benzene rings is 1. The predicted octanol–water partition coefficient (Wildman–Crippen LogP) is 2.62. The van der Waals surface area contributed by atoms with E-state index < -0.39 is 0 Å². The van der Waals surface area contributed by atoms with E-state index >= 15 is 0 Å². The maximum absolute atomic E-state index is 5.95. The van der Waals surface area contributed by atoms with Crippen LogP contribution in [0.1, 0.15) is 26.3 Å². The van der Waals surface area contributed by atoms with E-state index in [-0.39, 0.29) is 6.04 Å². The lowest BCUT2D eigenvalue weighted by Crippen LogP contribution is -2.33. The van der Waals surface area contributed by atoms with Crippen molar-refractivity contribution in [1.29, 1.82) is 0 Å². The number of nitrogens with two attached hydrogens (primary N) is 1. The van der Waals surface area contributed by atoms with Crippen molar-refractivity contribution >= 4 is 0 Å². The molecule has 0 fully saturated rings. The molecule has 1 aromatic rings. The first-order valence-electron chi connectivity index (χ1n) is 6.13. The summed E-state index contributed by atoms with van der Waals surface area (Å²) >= 11 is 0. The number of hydrogen-bond acceptors (Lipinski definition) is 3. The SMILES string of the molecule is CCc1ccc(OCC(N)C(C)C)c(OC)c1. The standard InChI is InChI=1S/C14H23NO2/c1-5-11-6-7-13(14(8-11)16-4)17-9-12(15)10(2)3/h6-8,10,12H,5,9,15H2,1-4H3. The van der Waals surface area contributed by atoms with Crippen LogP contribution in [0.15, 0.2) is 18.2 Å². The third-order valence-corrected chi connectivity index (χ3v) is 2.92. The summed E-state index contributed by atoms with van der Waals surface area (Å²) < 4.78 is 11.0. The quantitative estimate of drug-likeness (QED) is 0.827. The normalized spacial score (nSPS) is 12.6. The minimum Gasteiger partial charge on any atom is -0.493 e. The van der Waals surface area contributed by atoms with Gasteiger partial charge in [-0.15, -0.1) is 0 Å². The van der Waals surface area contributed by atoms with Gasteiger partial charge in [0.15, 0.2) is 11.5 Å². The first kappa shape index (κ1) is 13.8. The molecule has 0 aliphatic carbocycles. The van der Waals surface area contributed by atoms with Gasteiger partial charge in [-0.1, -0.05) is 26.8 Å². The average Bonchev–Trinajstić information content (AvgIpc) is 2.35. The first-order valence-corrected chi connectivity index (χ1v) is 6.13. The van der Waals surface area contributed by atoms with E-state index in [1.807, 2.05) is 12.1 Å². The van der Waals surface area contributed by atoms with Gasteiger partial charge in [0.25, 0.3) is 0 Å². The van der Waals surface area contributed by atoms with Crippen LogP contribution in [0.2, 0.25) is 0 Å². The van der Waals surface area contributed by atoms with Gasteiger partial charge in [0.1, 0.15) is 6.61 Å².